The highest BCUT2D eigenvalue weighted by Crippen LogP contribution is 2.31. The van der Waals surface area contributed by atoms with Gasteiger partial charge in [-0.05, 0) is 42.0 Å². The molecule has 0 aliphatic rings. The van der Waals surface area contributed by atoms with Gasteiger partial charge < -0.3 is 14.3 Å². The quantitative estimate of drug-likeness (QED) is 0.230. The summed E-state index contributed by atoms with van der Waals surface area (Å²) in [6.45, 7) is 0.402. The molecular formula is C27H18ClFN6O3S2. The maximum absolute atomic E-state index is 16.2. The number of nitrogens with one attached hydrogen (secondary N) is 1. The van der Waals surface area contributed by atoms with Crippen LogP contribution in [0.1, 0.15) is 20.2 Å². The van der Waals surface area contributed by atoms with E-state index in [1.54, 1.807) is 48.1 Å². The Hall–Kier alpha value is -4.39. The van der Waals surface area contributed by atoms with Gasteiger partial charge in [-0.25, -0.2) is 9.37 Å². The number of pyridine rings is 2. The van der Waals surface area contributed by atoms with Crippen molar-refractivity contribution in [1.29, 1.82) is 0 Å². The number of thiazole rings is 1. The Labute approximate surface area is 239 Å². The van der Waals surface area contributed by atoms with E-state index in [2.05, 4.69) is 20.4 Å². The average molecular weight is 593 g/mol. The summed E-state index contributed by atoms with van der Waals surface area (Å²) in [4.78, 5) is 35.7. The van der Waals surface area contributed by atoms with Crippen molar-refractivity contribution in [2.45, 2.75) is 13.1 Å². The van der Waals surface area contributed by atoms with Crippen LogP contribution >= 0.6 is 34.3 Å². The van der Waals surface area contributed by atoms with Crippen LogP contribution in [0.4, 0.5) is 10.2 Å². The molecule has 0 fully saturated rings. The zero-order chi connectivity index (χ0) is 27.6. The molecule has 200 valence electrons. The minimum atomic E-state index is -0.748. The Kier molecular flexibility index (Phi) is 7.11. The lowest BCUT2D eigenvalue weighted by Gasteiger charge is -2.11. The first-order chi connectivity index (χ1) is 19.5. The summed E-state index contributed by atoms with van der Waals surface area (Å²) in [7, 11) is 0. The van der Waals surface area contributed by atoms with Crippen LogP contribution in [0.3, 0.4) is 0 Å². The first kappa shape index (κ1) is 25.9. The SMILES string of the molecule is O=C(c1nccs1)n1nc(-c2cc(-c3ccncc3)c(=O)n(Cc3ccoc3)c2)c(F)c1NCc1ccc(Cl)s1. The topological polar surface area (TPSA) is 108 Å². The molecule has 0 atom stereocenters. The van der Waals surface area contributed by atoms with E-state index in [-0.39, 0.29) is 35.2 Å². The molecule has 9 nitrogen and oxygen atoms in total. The van der Waals surface area contributed by atoms with E-state index in [1.807, 2.05) is 6.07 Å². The molecule has 6 heterocycles. The van der Waals surface area contributed by atoms with E-state index < -0.39 is 11.7 Å². The van der Waals surface area contributed by atoms with Gasteiger partial charge in [-0.3, -0.25) is 14.6 Å². The second kappa shape index (κ2) is 11.0. The fraction of sp³-hybridized carbons (Fsp3) is 0.0741. The highest BCUT2D eigenvalue weighted by Gasteiger charge is 2.26. The highest BCUT2D eigenvalue weighted by atomic mass is 35.5. The summed E-state index contributed by atoms with van der Waals surface area (Å²) >= 11 is 8.51. The number of rotatable bonds is 8. The van der Waals surface area contributed by atoms with Crippen LogP contribution in [0.15, 0.2) is 88.3 Å². The van der Waals surface area contributed by atoms with Gasteiger partial charge in [-0.2, -0.15) is 9.78 Å². The van der Waals surface area contributed by atoms with Gasteiger partial charge in [0.2, 0.25) is 0 Å². The molecule has 40 heavy (non-hydrogen) atoms. The van der Waals surface area contributed by atoms with E-state index in [9.17, 15) is 9.59 Å². The maximum Gasteiger partial charge on any atom is 0.309 e. The number of carbonyl (C=O) groups excluding carboxylic acids is 1. The molecule has 6 rings (SSSR count). The molecule has 6 aromatic rings. The number of anilines is 1. The van der Waals surface area contributed by atoms with E-state index >= 15 is 4.39 Å². The molecule has 0 aromatic carbocycles. The molecular weight excluding hydrogens is 575 g/mol. The van der Waals surface area contributed by atoms with Crippen LogP contribution in [0.2, 0.25) is 4.34 Å². The lowest BCUT2D eigenvalue weighted by atomic mass is 10.0. The zero-order valence-corrected chi connectivity index (χ0v) is 22.8. The average Bonchev–Trinajstić information content (AvgIpc) is 3.78. The molecule has 6 aromatic heterocycles. The van der Waals surface area contributed by atoms with Gasteiger partial charge in [-0.1, -0.05) is 11.6 Å². The predicted molar refractivity (Wildman–Crippen MR) is 151 cm³/mol. The molecule has 0 aliphatic carbocycles. The third kappa shape index (κ3) is 5.11. The summed E-state index contributed by atoms with van der Waals surface area (Å²) < 4.78 is 24.4. The minimum absolute atomic E-state index is 0.104. The van der Waals surface area contributed by atoms with Gasteiger partial charge in [0.1, 0.15) is 5.69 Å². The van der Waals surface area contributed by atoms with Crippen LogP contribution in [0.25, 0.3) is 22.4 Å². The number of carbonyl (C=O) groups is 1. The Bertz CT molecular complexity index is 1850. The Morgan fingerprint density at radius 3 is 2.67 bits per heavy atom. The standard InChI is InChI=1S/C27H18ClFN6O3S2/c28-21-2-1-19(40-21)12-32-24-22(29)23(33-35(24)27(37)25-31-8-10-39-25)18-11-20(17-3-6-30-7-4-17)26(36)34(14-18)13-16-5-9-38-15-16/h1-11,14-15,32H,12-13H2. The van der Waals surface area contributed by atoms with Gasteiger partial charge in [0.15, 0.2) is 16.6 Å². The van der Waals surface area contributed by atoms with Crippen molar-refractivity contribution in [1.82, 2.24) is 24.3 Å². The number of hydrogen-bond donors (Lipinski definition) is 1. The van der Waals surface area contributed by atoms with Crippen molar-refractivity contribution in [3.63, 3.8) is 0 Å². The molecule has 1 N–H and O–H groups in total. The van der Waals surface area contributed by atoms with Gasteiger partial charge in [0, 0.05) is 51.7 Å². The monoisotopic (exact) mass is 592 g/mol. The second-order valence-electron chi connectivity index (χ2n) is 8.57. The van der Waals surface area contributed by atoms with Crippen molar-refractivity contribution in [2.75, 3.05) is 5.32 Å². The number of aromatic nitrogens is 5. The summed E-state index contributed by atoms with van der Waals surface area (Å²) in [6.07, 6.45) is 9.20. The van der Waals surface area contributed by atoms with Gasteiger partial charge in [-0.15, -0.1) is 22.7 Å². The van der Waals surface area contributed by atoms with Gasteiger partial charge >= 0.3 is 5.91 Å². The minimum Gasteiger partial charge on any atom is -0.472 e. The zero-order valence-electron chi connectivity index (χ0n) is 20.5. The number of nitrogens with zero attached hydrogens (tertiary/aromatic N) is 5. The largest absolute Gasteiger partial charge is 0.472 e. The van der Waals surface area contributed by atoms with Gasteiger partial charge in [0.05, 0.1) is 30.0 Å². The summed E-state index contributed by atoms with van der Waals surface area (Å²) in [5, 5.41) is 9.19. The molecule has 0 saturated carbocycles. The predicted octanol–water partition coefficient (Wildman–Crippen LogP) is 6.03. The van der Waals surface area contributed by atoms with Crippen molar-refractivity contribution >= 4 is 46.0 Å². The first-order valence-corrected chi connectivity index (χ1v) is 13.9. The van der Waals surface area contributed by atoms with E-state index in [1.165, 1.54) is 40.8 Å². The lowest BCUT2D eigenvalue weighted by Crippen LogP contribution is -2.22. The third-order valence-corrected chi connectivity index (χ3v) is 7.97. The van der Waals surface area contributed by atoms with Crippen molar-refractivity contribution in [3.8, 4) is 22.4 Å². The molecule has 0 radical (unpaired) electrons. The molecule has 0 spiro atoms. The van der Waals surface area contributed by atoms with Crippen LogP contribution in [-0.2, 0) is 13.1 Å². The lowest BCUT2D eigenvalue weighted by molar-refractivity contribution is 0.0947. The van der Waals surface area contributed by atoms with Gasteiger partial charge in [0.25, 0.3) is 5.56 Å². The number of furan rings is 1. The Morgan fingerprint density at radius 2 is 1.98 bits per heavy atom. The van der Waals surface area contributed by atoms with E-state index in [0.29, 0.717) is 21.0 Å². The molecule has 0 saturated heterocycles. The number of halogens is 2. The molecule has 0 aliphatic heterocycles. The van der Waals surface area contributed by atoms with Crippen LogP contribution in [-0.4, -0.2) is 30.2 Å². The third-order valence-electron chi connectivity index (χ3n) is 5.98. The molecule has 0 amide bonds. The molecule has 0 bridgehead atoms. The normalized spacial score (nSPS) is 11.2. The fourth-order valence-electron chi connectivity index (χ4n) is 4.12. The number of thiophene rings is 1. The van der Waals surface area contributed by atoms with Crippen molar-refractivity contribution in [2.24, 2.45) is 0 Å². The molecule has 0 unspecified atom stereocenters. The Morgan fingerprint density at radius 1 is 1.12 bits per heavy atom. The summed E-state index contributed by atoms with van der Waals surface area (Å²) in [6, 6.07) is 10.3. The summed E-state index contributed by atoms with van der Waals surface area (Å²) in [5.74, 6) is -1.47. The van der Waals surface area contributed by atoms with E-state index in [4.69, 9.17) is 16.0 Å². The van der Waals surface area contributed by atoms with Crippen LogP contribution < -0.4 is 10.9 Å². The summed E-state index contributed by atoms with van der Waals surface area (Å²) in [5.41, 5.74) is 1.60. The first-order valence-electron chi connectivity index (χ1n) is 11.8. The Balaban J connectivity index is 1.49. The second-order valence-corrected chi connectivity index (χ2v) is 11.3. The van der Waals surface area contributed by atoms with Crippen LogP contribution in [0.5, 0.6) is 0 Å². The maximum atomic E-state index is 16.2. The fourth-order valence-corrected chi connectivity index (χ4v) is 5.71. The highest BCUT2D eigenvalue weighted by molar-refractivity contribution is 7.16. The van der Waals surface area contributed by atoms with E-state index in [0.717, 1.165) is 26.5 Å². The molecule has 13 heteroatoms. The smallest absolute Gasteiger partial charge is 0.309 e. The van der Waals surface area contributed by atoms with Crippen LogP contribution in [0, 0.1) is 5.82 Å². The van der Waals surface area contributed by atoms with Crippen molar-refractivity contribution in [3.05, 3.63) is 115 Å². The number of hydrogen-bond acceptors (Lipinski definition) is 9. The van der Waals surface area contributed by atoms with Crippen molar-refractivity contribution < 1.29 is 13.6 Å².